The van der Waals surface area contributed by atoms with Gasteiger partial charge in [0.15, 0.2) is 5.16 Å². The highest BCUT2D eigenvalue weighted by Crippen LogP contribution is 2.36. The smallest absolute Gasteiger partial charge is 0.261 e. The van der Waals surface area contributed by atoms with E-state index in [0.29, 0.717) is 45.2 Å². The molecule has 0 spiro atoms. The number of benzene rings is 2. The molecule has 0 bridgehead atoms. The summed E-state index contributed by atoms with van der Waals surface area (Å²) >= 11 is 2.93. The Morgan fingerprint density at radius 1 is 0.969 bits per heavy atom. The molecule has 1 aliphatic heterocycles. The van der Waals surface area contributed by atoms with Crippen LogP contribution in [-0.4, -0.2) is 39.0 Å². The fourth-order valence-electron chi connectivity index (χ4n) is 3.95. The van der Waals surface area contributed by atoms with E-state index >= 15 is 0 Å². The second kappa shape index (κ2) is 8.37. The Morgan fingerprint density at radius 3 is 2.31 bits per heavy atom. The van der Waals surface area contributed by atoms with Gasteiger partial charge in [-0.2, -0.15) is 0 Å². The van der Waals surface area contributed by atoms with Gasteiger partial charge in [-0.25, -0.2) is 4.98 Å². The minimum Gasteiger partial charge on any atom is -0.301 e. The van der Waals surface area contributed by atoms with Crippen LogP contribution in [0.3, 0.4) is 0 Å². The lowest BCUT2D eigenvalue weighted by Gasteiger charge is -2.13. The van der Waals surface area contributed by atoms with E-state index in [1.54, 1.807) is 24.3 Å². The van der Waals surface area contributed by atoms with E-state index in [2.05, 4.69) is 9.97 Å². The van der Waals surface area contributed by atoms with Crippen molar-refractivity contribution in [2.24, 2.45) is 0 Å². The van der Waals surface area contributed by atoms with Gasteiger partial charge in [0.2, 0.25) is 0 Å². The maximum absolute atomic E-state index is 12.9. The third-order valence-corrected chi connectivity index (χ3v) is 7.38. The zero-order chi connectivity index (χ0) is 22.2. The van der Waals surface area contributed by atoms with Crippen LogP contribution in [0.1, 0.15) is 32.0 Å². The first kappa shape index (κ1) is 20.7. The van der Waals surface area contributed by atoms with Gasteiger partial charge in [-0.05, 0) is 31.0 Å². The Balaban J connectivity index is 1.29. The predicted octanol–water partition coefficient (Wildman–Crippen LogP) is 4.74. The minimum absolute atomic E-state index is 0.152. The molecule has 3 heterocycles. The van der Waals surface area contributed by atoms with Crippen LogP contribution in [0.4, 0.5) is 0 Å². The largest absolute Gasteiger partial charge is 0.301 e. The first-order chi connectivity index (χ1) is 15.5. The zero-order valence-electron chi connectivity index (χ0n) is 17.3. The first-order valence-corrected chi connectivity index (χ1v) is 12.0. The number of carbonyl (C=O) groups is 2. The quantitative estimate of drug-likeness (QED) is 0.194. The summed E-state index contributed by atoms with van der Waals surface area (Å²) in [5.41, 5.74) is 2.71. The normalized spacial score (nSPS) is 13.2. The van der Waals surface area contributed by atoms with Crippen LogP contribution in [0.5, 0.6) is 0 Å². The van der Waals surface area contributed by atoms with Gasteiger partial charge in [0.25, 0.3) is 17.4 Å². The van der Waals surface area contributed by atoms with Gasteiger partial charge in [0.1, 0.15) is 4.83 Å². The number of thiophene rings is 1. The van der Waals surface area contributed by atoms with E-state index in [4.69, 9.17) is 0 Å². The number of amides is 2. The number of carbonyl (C=O) groups excluding carboxylic acids is 2. The van der Waals surface area contributed by atoms with Crippen molar-refractivity contribution in [3.63, 3.8) is 0 Å². The molecule has 8 heteroatoms. The fraction of sp³-hybridized carbons (Fsp3) is 0.167. The Bertz CT molecular complexity index is 1370. The Hall–Kier alpha value is -3.23. The number of thioether (sulfide) groups is 1. The first-order valence-electron chi connectivity index (χ1n) is 10.2. The molecule has 160 valence electrons. The number of nitrogens with zero attached hydrogens (tertiary/aromatic N) is 2. The number of imide groups is 1. The number of hydrogen-bond acceptors (Lipinski definition) is 6. The molecule has 5 rings (SSSR count). The van der Waals surface area contributed by atoms with Crippen molar-refractivity contribution in [1.29, 1.82) is 0 Å². The van der Waals surface area contributed by atoms with Crippen molar-refractivity contribution in [3.05, 3.63) is 81.0 Å². The average Bonchev–Trinajstić information content (AvgIpc) is 3.26. The molecular formula is C24H19N3O3S2. The molecule has 32 heavy (non-hydrogen) atoms. The maximum Gasteiger partial charge on any atom is 0.261 e. The summed E-state index contributed by atoms with van der Waals surface area (Å²) in [6, 6.07) is 16.7. The molecule has 0 fully saturated rings. The third-order valence-electron chi connectivity index (χ3n) is 5.42. The van der Waals surface area contributed by atoms with Gasteiger partial charge < -0.3 is 4.98 Å². The SMILES string of the molecule is Cc1sc2nc(SCCCN3C(=O)c4ccccc4C3=O)[nH]c(=O)c2c1-c1ccccc1. The lowest BCUT2D eigenvalue weighted by molar-refractivity contribution is 0.0655. The van der Waals surface area contributed by atoms with Crippen molar-refractivity contribution in [3.8, 4) is 11.1 Å². The van der Waals surface area contributed by atoms with E-state index < -0.39 is 0 Å². The highest BCUT2D eigenvalue weighted by molar-refractivity contribution is 7.99. The van der Waals surface area contributed by atoms with E-state index in [9.17, 15) is 14.4 Å². The van der Waals surface area contributed by atoms with Crippen molar-refractivity contribution in [2.75, 3.05) is 12.3 Å². The summed E-state index contributed by atoms with van der Waals surface area (Å²) in [4.78, 5) is 48.4. The molecule has 2 amide bonds. The lowest BCUT2D eigenvalue weighted by atomic mass is 10.0. The van der Waals surface area contributed by atoms with Crippen LogP contribution in [0.25, 0.3) is 21.3 Å². The molecule has 4 aromatic rings. The monoisotopic (exact) mass is 461 g/mol. The predicted molar refractivity (Wildman–Crippen MR) is 128 cm³/mol. The Labute approximate surface area is 192 Å². The van der Waals surface area contributed by atoms with Crippen molar-refractivity contribution < 1.29 is 9.59 Å². The molecular weight excluding hydrogens is 442 g/mol. The van der Waals surface area contributed by atoms with Gasteiger partial charge in [-0.1, -0.05) is 54.2 Å². The lowest BCUT2D eigenvalue weighted by Crippen LogP contribution is -2.31. The van der Waals surface area contributed by atoms with Gasteiger partial charge in [0.05, 0.1) is 16.5 Å². The molecule has 0 saturated heterocycles. The zero-order valence-corrected chi connectivity index (χ0v) is 18.9. The van der Waals surface area contributed by atoms with E-state index in [-0.39, 0.29) is 17.4 Å². The van der Waals surface area contributed by atoms with Crippen molar-refractivity contribution >= 4 is 45.1 Å². The van der Waals surface area contributed by atoms with E-state index in [1.165, 1.54) is 28.0 Å². The van der Waals surface area contributed by atoms with Crippen LogP contribution in [0.2, 0.25) is 0 Å². The Morgan fingerprint density at radius 2 is 1.62 bits per heavy atom. The Kier molecular flexibility index (Phi) is 5.40. The number of H-pyrrole nitrogens is 1. The number of fused-ring (bicyclic) bond motifs is 2. The number of nitrogens with one attached hydrogen (secondary N) is 1. The van der Waals surface area contributed by atoms with Gasteiger partial charge in [-0.15, -0.1) is 11.3 Å². The minimum atomic E-state index is -0.244. The summed E-state index contributed by atoms with van der Waals surface area (Å²) in [5.74, 6) is 0.134. The highest BCUT2D eigenvalue weighted by Gasteiger charge is 2.34. The summed E-state index contributed by atoms with van der Waals surface area (Å²) in [7, 11) is 0. The number of rotatable bonds is 6. The molecule has 0 radical (unpaired) electrons. The maximum atomic E-state index is 12.9. The average molecular weight is 462 g/mol. The summed E-state index contributed by atoms with van der Waals surface area (Å²) in [6.45, 7) is 2.34. The molecule has 2 aromatic heterocycles. The summed E-state index contributed by atoms with van der Waals surface area (Å²) in [5, 5.41) is 1.17. The molecule has 1 N–H and O–H groups in total. The van der Waals surface area contributed by atoms with Gasteiger partial charge in [0, 0.05) is 22.7 Å². The second-order valence-corrected chi connectivity index (χ2v) is 9.75. The van der Waals surface area contributed by atoms with E-state index in [0.717, 1.165) is 16.0 Å². The number of aryl methyl sites for hydroxylation is 1. The van der Waals surface area contributed by atoms with Crippen LogP contribution in [-0.2, 0) is 0 Å². The summed E-state index contributed by atoms with van der Waals surface area (Å²) in [6.07, 6.45) is 0.608. The number of aromatic amines is 1. The van der Waals surface area contributed by atoms with E-state index in [1.807, 2.05) is 37.3 Å². The van der Waals surface area contributed by atoms with Crippen LogP contribution < -0.4 is 5.56 Å². The van der Waals surface area contributed by atoms with Crippen LogP contribution in [0, 0.1) is 6.92 Å². The van der Waals surface area contributed by atoms with Crippen LogP contribution in [0.15, 0.2) is 64.5 Å². The molecule has 0 saturated carbocycles. The second-order valence-electron chi connectivity index (χ2n) is 7.46. The third kappa shape index (κ3) is 3.55. The van der Waals surface area contributed by atoms with Crippen molar-refractivity contribution in [1.82, 2.24) is 14.9 Å². The molecule has 0 atom stereocenters. The molecule has 1 aliphatic rings. The molecule has 0 unspecified atom stereocenters. The molecule has 0 aliphatic carbocycles. The summed E-state index contributed by atoms with van der Waals surface area (Å²) < 4.78 is 0. The van der Waals surface area contributed by atoms with Gasteiger partial charge in [-0.3, -0.25) is 19.3 Å². The number of aromatic nitrogens is 2. The van der Waals surface area contributed by atoms with Gasteiger partial charge >= 0.3 is 0 Å². The molecule has 2 aromatic carbocycles. The fourth-order valence-corrected chi connectivity index (χ4v) is 5.84. The molecule has 6 nitrogen and oxygen atoms in total. The van der Waals surface area contributed by atoms with Crippen molar-refractivity contribution in [2.45, 2.75) is 18.5 Å². The van der Waals surface area contributed by atoms with Crippen LogP contribution >= 0.6 is 23.1 Å². The number of hydrogen-bond donors (Lipinski definition) is 1. The topological polar surface area (TPSA) is 83.1 Å². The highest BCUT2D eigenvalue weighted by atomic mass is 32.2. The standard InChI is InChI=1S/C24H19N3O3S2/c1-14-18(15-8-3-2-4-9-15)19-20(28)25-24(26-21(19)32-14)31-13-7-12-27-22(29)16-10-5-6-11-17(16)23(27)30/h2-6,8-11H,7,12-13H2,1H3,(H,25,26,28).